The molecule has 0 saturated carbocycles. The van der Waals surface area contributed by atoms with Crippen molar-refractivity contribution >= 4 is 33.3 Å². The highest BCUT2D eigenvalue weighted by molar-refractivity contribution is 9.10. The van der Waals surface area contributed by atoms with Crippen LogP contribution in [0.1, 0.15) is 29.9 Å². The summed E-state index contributed by atoms with van der Waals surface area (Å²) in [5.41, 5.74) is 2.31. The van der Waals surface area contributed by atoms with E-state index in [4.69, 9.17) is 0 Å². The van der Waals surface area contributed by atoms with Gasteiger partial charge in [-0.1, -0.05) is 28.9 Å². The molecule has 0 aliphatic heterocycles. The van der Waals surface area contributed by atoms with Crippen molar-refractivity contribution in [3.63, 3.8) is 0 Å². The lowest BCUT2D eigenvalue weighted by Crippen LogP contribution is -2.15. The van der Waals surface area contributed by atoms with Gasteiger partial charge in [-0.3, -0.25) is 4.79 Å². The van der Waals surface area contributed by atoms with Gasteiger partial charge in [0.15, 0.2) is 0 Å². The quantitative estimate of drug-likeness (QED) is 0.856. The molecule has 0 spiro atoms. The van der Waals surface area contributed by atoms with E-state index in [9.17, 15) is 4.79 Å². The molecular weight excluding hydrogens is 330 g/mol. The Morgan fingerprint density at radius 2 is 2.05 bits per heavy atom. The van der Waals surface area contributed by atoms with Gasteiger partial charge in [-0.15, -0.1) is 0 Å². The molecule has 2 aromatic rings. The number of hydrogen-bond acceptors (Lipinski definition) is 3. The summed E-state index contributed by atoms with van der Waals surface area (Å²) in [6.45, 7) is 4.82. The number of pyridine rings is 1. The van der Waals surface area contributed by atoms with E-state index in [0.29, 0.717) is 11.5 Å². The number of nitrogens with zero attached hydrogens (tertiary/aromatic N) is 1. The van der Waals surface area contributed by atoms with Crippen LogP contribution in [0.15, 0.2) is 40.9 Å². The predicted molar refractivity (Wildman–Crippen MR) is 89.9 cm³/mol. The zero-order valence-electron chi connectivity index (χ0n) is 12.1. The Labute approximate surface area is 133 Å². The van der Waals surface area contributed by atoms with Crippen molar-refractivity contribution in [3.8, 4) is 0 Å². The molecule has 4 nitrogen and oxygen atoms in total. The Bertz CT molecular complexity index is 643. The first kappa shape index (κ1) is 15.5. The molecule has 2 N–H and O–H groups in total. The Kier molecular flexibility index (Phi) is 5.33. The first-order valence-corrected chi connectivity index (χ1v) is 7.74. The van der Waals surface area contributed by atoms with Crippen LogP contribution in [0.4, 0.5) is 11.5 Å². The van der Waals surface area contributed by atoms with E-state index in [1.807, 2.05) is 37.3 Å². The third-order valence-electron chi connectivity index (χ3n) is 3.04. The van der Waals surface area contributed by atoms with Gasteiger partial charge in [0.25, 0.3) is 5.91 Å². The molecule has 0 unspecified atom stereocenters. The van der Waals surface area contributed by atoms with Gasteiger partial charge in [0.05, 0.1) is 0 Å². The van der Waals surface area contributed by atoms with Crippen LogP contribution in [0.2, 0.25) is 0 Å². The minimum atomic E-state index is -0.202. The largest absolute Gasteiger partial charge is 0.370 e. The lowest BCUT2D eigenvalue weighted by Gasteiger charge is -2.11. The van der Waals surface area contributed by atoms with E-state index < -0.39 is 0 Å². The maximum absolute atomic E-state index is 12.3. The monoisotopic (exact) mass is 347 g/mol. The van der Waals surface area contributed by atoms with Crippen molar-refractivity contribution in [2.45, 2.75) is 20.3 Å². The van der Waals surface area contributed by atoms with E-state index in [-0.39, 0.29) is 5.91 Å². The second kappa shape index (κ2) is 7.22. The minimum Gasteiger partial charge on any atom is -0.370 e. The van der Waals surface area contributed by atoms with Crippen LogP contribution in [-0.4, -0.2) is 17.4 Å². The summed E-state index contributed by atoms with van der Waals surface area (Å²) in [4.78, 5) is 16.6. The highest BCUT2D eigenvalue weighted by Gasteiger charge is 2.10. The van der Waals surface area contributed by atoms with E-state index in [0.717, 1.165) is 28.7 Å². The van der Waals surface area contributed by atoms with Crippen LogP contribution < -0.4 is 10.6 Å². The first-order valence-electron chi connectivity index (χ1n) is 6.94. The molecule has 0 radical (unpaired) electrons. The van der Waals surface area contributed by atoms with Crippen LogP contribution >= 0.6 is 15.9 Å². The fraction of sp³-hybridized carbons (Fsp3) is 0.250. The minimum absolute atomic E-state index is 0.202. The number of rotatable bonds is 5. The second-order valence-corrected chi connectivity index (χ2v) is 5.46. The number of benzene rings is 1. The molecule has 1 amide bonds. The van der Waals surface area contributed by atoms with Crippen LogP contribution in [0.5, 0.6) is 0 Å². The normalized spacial score (nSPS) is 10.2. The predicted octanol–water partition coefficient (Wildman–Crippen LogP) is 4.09. The number of carbonyl (C=O) groups is 1. The molecule has 0 bridgehead atoms. The number of anilines is 2. The van der Waals surface area contributed by atoms with Crippen LogP contribution in [-0.2, 0) is 6.42 Å². The molecule has 1 aromatic heterocycles. The summed E-state index contributed by atoms with van der Waals surface area (Å²) < 4.78 is 1.00. The number of hydrogen-bond donors (Lipinski definition) is 2. The number of aromatic nitrogens is 1. The molecule has 0 aliphatic rings. The molecule has 0 saturated heterocycles. The van der Waals surface area contributed by atoms with Gasteiger partial charge >= 0.3 is 0 Å². The van der Waals surface area contributed by atoms with Gasteiger partial charge in [0, 0.05) is 16.7 Å². The highest BCUT2D eigenvalue weighted by atomic mass is 79.9. The average Bonchev–Trinajstić information content (AvgIpc) is 2.49. The third kappa shape index (κ3) is 4.04. The second-order valence-electron chi connectivity index (χ2n) is 4.55. The zero-order valence-corrected chi connectivity index (χ0v) is 13.7. The third-order valence-corrected chi connectivity index (χ3v) is 3.53. The van der Waals surface area contributed by atoms with Crippen LogP contribution in [0.3, 0.4) is 0 Å². The fourth-order valence-corrected chi connectivity index (χ4v) is 2.41. The van der Waals surface area contributed by atoms with E-state index in [1.54, 1.807) is 6.07 Å². The van der Waals surface area contributed by atoms with Crippen molar-refractivity contribution in [2.24, 2.45) is 0 Å². The maximum Gasteiger partial charge on any atom is 0.274 e. The molecule has 110 valence electrons. The molecule has 0 atom stereocenters. The van der Waals surface area contributed by atoms with Crippen LogP contribution in [0.25, 0.3) is 0 Å². The first-order chi connectivity index (χ1) is 10.1. The fourth-order valence-electron chi connectivity index (χ4n) is 2.00. The number of carbonyl (C=O) groups excluding carboxylic acids is 1. The lowest BCUT2D eigenvalue weighted by atomic mass is 10.1. The Morgan fingerprint density at radius 1 is 1.24 bits per heavy atom. The van der Waals surface area contributed by atoms with E-state index >= 15 is 0 Å². The summed E-state index contributed by atoms with van der Waals surface area (Å²) in [7, 11) is 0. The lowest BCUT2D eigenvalue weighted by molar-refractivity contribution is 0.102. The Balaban J connectivity index is 2.20. The summed E-state index contributed by atoms with van der Waals surface area (Å²) in [5, 5.41) is 6.02. The standard InChI is InChI=1S/C16H18BrN3O/c1-3-11-10-12(17)8-9-13(11)20-16(21)14-6-5-7-15(19-14)18-4-2/h5-10H,3-4H2,1-2H3,(H,18,19)(H,20,21). The molecule has 0 fully saturated rings. The molecule has 2 rings (SSSR count). The molecule has 0 aliphatic carbocycles. The molecule has 21 heavy (non-hydrogen) atoms. The zero-order chi connectivity index (χ0) is 15.2. The van der Waals surface area contributed by atoms with Gasteiger partial charge < -0.3 is 10.6 Å². The van der Waals surface area contributed by atoms with Crippen LogP contribution in [0, 0.1) is 0 Å². The number of amides is 1. The highest BCUT2D eigenvalue weighted by Crippen LogP contribution is 2.22. The molecule has 1 heterocycles. The van der Waals surface area contributed by atoms with Gasteiger partial charge in [-0.2, -0.15) is 0 Å². The summed E-state index contributed by atoms with van der Waals surface area (Å²) in [6, 6.07) is 11.2. The smallest absolute Gasteiger partial charge is 0.274 e. The van der Waals surface area contributed by atoms with Crippen molar-refractivity contribution in [1.29, 1.82) is 0 Å². The molecule has 1 aromatic carbocycles. The van der Waals surface area contributed by atoms with Gasteiger partial charge in [-0.05, 0) is 49.2 Å². The summed E-state index contributed by atoms with van der Waals surface area (Å²) >= 11 is 3.44. The average molecular weight is 348 g/mol. The number of aryl methyl sites for hydroxylation is 1. The van der Waals surface area contributed by atoms with Crippen molar-refractivity contribution in [3.05, 3.63) is 52.1 Å². The summed E-state index contributed by atoms with van der Waals surface area (Å²) in [5.74, 6) is 0.503. The topological polar surface area (TPSA) is 54.0 Å². The SMILES string of the molecule is CCNc1cccc(C(=O)Nc2ccc(Br)cc2CC)n1. The number of nitrogens with one attached hydrogen (secondary N) is 2. The molecule has 5 heteroatoms. The van der Waals surface area contributed by atoms with Crippen molar-refractivity contribution in [2.75, 3.05) is 17.2 Å². The Hall–Kier alpha value is -1.88. The van der Waals surface area contributed by atoms with Gasteiger partial charge in [-0.25, -0.2) is 4.98 Å². The maximum atomic E-state index is 12.3. The van der Waals surface area contributed by atoms with Crippen molar-refractivity contribution in [1.82, 2.24) is 4.98 Å². The van der Waals surface area contributed by atoms with E-state index in [2.05, 4.69) is 38.5 Å². The number of halogens is 1. The Morgan fingerprint density at radius 3 is 2.76 bits per heavy atom. The summed E-state index contributed by atoms with van der Waals surface area (Å²) in [6.07, 6.45) is 0.847. The van der Waals surface area contributed by atoms with E-state index in [1.165, 1.54) is 0 Å². The van der Waals surface area contributed by atoms with Crippen molar-refractivity contribution < 1.29 is 4.79 Å². The van der Waals surface area contributed by atoms with Gasteiger partial charge in [0.1, 0.15) is 11.5 Å². The molecular formula is C16H18BrN3O. The van der Waals surface area contributed by atoms with Gasteiger partial charge in [0.2, 0.25) is 0 Å².